The summed E-state index contributed by atoms with van der Waals surface area (Å²) in [5.41, 5.74) is 4.93. The van der Waals surface area contributed by atoms with Crippen LogP contribution in [0.25, 0.3) is 44.1 Å². The fourth-order valence-electron chi connectivity index (χ4n) is 3.74. The van der Waals surface area contributed by atoms with Gasteiger partial charge in [0.15, 0.2) is 11.8 Å². The highest BCUT2D eigenvalue weighted by Gasteiger charge is 2.21. The van der Waals surface area contributed by atoms with Crippen LogP contribution in [0.5, 0.6) is 0 Å². The van der Waals surface area contributed by atoms with Gasteiger partial charge in [-0.25, -0.2) is 9.55 Å². The number of hydrogen-bond donors (Lipinski definition) is 0. The summed E-state index contributed by atoms with van der Waals surface area (Å²) in [6, 6.07) is 20.4. The standard InChI is InChI=1S/C23H16N3O/c1-14-7-9-18-19-10-8-17(12-24)25-23(19)27-22(18)21(14)20-11-15-5-3-4-6-16(15)13-26(20)2/h3-11,13H,1-2H3/q+1. The monoisotopic (exact) mass is 350 g/mol. The van der Waals surface area contributed by atoms with Crippen molar-refractivity contribution in [2.24, 2.45) is 7.05 Å². The second-order valence-corrected chi connectivity index (χ2v) is 6.80. The maximum absolute atomic E-state index is 9.13. The molecule has 0 saturated carbocycles. The number of pyridine rings is 2. The first-order valence-electron chi connectivity index (χ1n) is 8.77. The Morgan fingerprint density at radius 1 is 1.00 bits per heavy atom. The zero-order valence-electron chi connectivity index (χ0n) is 15.0. The molecule has 0 spiro atoms. The van der Waals surface area contributed by atoms with Crippen LogP contribution >= 0.6 is 0 Å². The molecule has 0 amide bonds. The van der Waals surface area contributed by atoms with Gasteiger partial charge >= 0.3 is 0 Å². The molecular formula is C23H16N3O+. The number of furan rings is 1. The van der Waals surface area contributed by atoms with E-state index in [1.807, 2.05) is 18.2 Å². The minimum atomic E-state index is 0.357. The second-order valence-electron chi connectivity index (χ2n) is 6.80. The summed E-state index contributed by atoms with van der Waals surface area (Å²) in [6.45, 7) is 2.09. The van der Waals surface area contributed by atoms with Crippen LogP contribution in [0.15, 0.2) is 65.2 Å². The van der Waals surface area contributed by atoms with Gasteiger partial charge in [-0.05, 0) is 36.1 Å². The highest BCUT2D eigenvalue weighted by molar-refractivity contribution is 6.09. The minimum absolute atomic E-state index is 0.357. The first-order chi connectivity index (χ1) is 13.2. The molecule has 0 saturated heterocycles. The second kappa shape index (κ2) is 5.65. The van der Waals surface area contributed by atoms with E-state index in [1.54, 1.807) is 6.07 Å². The lowest BCUT2D eigenvalue weighted by molar-refractivity contribution is -0.659. The lowest BCUT2D eigenvalue weighted by atomic mass is 9.99. The molecule has 4 nitrogen and oxygen atoms in total. The van der Waals surface area contributed by atoms with Gasteiger partial charge in [-0.1, -0.05) is 30.3 Å². The van der Waals surface area contributed by atoms with E-state index in [0.717, 1.165) is 33.2 Å². The number of fused-ring (bicyclic) bond motifs is 4. The quantitative estimate of drug-likeness (QED) is 0.408. The fourth-order valence-corrected chi connectivity index (χ4v) is 3.74. The van der Waals surface area contributed by atoms with E-state index in [4.69, 9.17) is 9.68 Å². The maximum atomic E-state index is 9.13. The Morgan fingerprint density at radius 2 is 1.78 bits per heavy atom. The van der Waals surface area contributed by atoms with Gasteiger partial charge < -0.3 is 4.42 Å². The molecule has 0 atom stereocenters. The topological polar surface area (TPSA) is 53.7 Å². The van der Waals surface area contributed by atoms with Crippen molar-refractivity contribution in [1.82, 2.24) is 4.98 Å². The molecule has 0 fully saturated rings. The molecular weight excluding hydrogens is 334 g/mol. The Kier molecular flexibility index (Phi) is 3.25. The molecule has 4 heteroatoms. The summed E-state index contributed by atoms with van der Waals surface area (Å²) in [7, 11) is 2.05. The van der Waals surface area contributed by atoms with E-state index in [1.165, 1.54) is 10.8 Å². The summed E-state index contributed by atoms with van der Waals surface area (Å²) < 4.78 is 8.28. The first-order valence-corrected chi connectivity index (χ1v) is 8.77. The third-order valence-corrected chi connectivity index (χ3v) is 5.09. The minimum Gasteiger partial charge on any atom is -0.437 e. The third-order valence-electron chi connectivity index (χ3n) is 5.09. The lowest BCUT2D eigenvalue weighted by Crippen LogP contribution is -2.30. The molecule has 27 heavy (non-hydrogen) atoms. The molecule has 128 valence electrons. The summed E-state index contributed by atoms with van der Waals surface area (Å²) in [4.78, 5) is 4.33. The van der Waals surface area contributed by atoms with E-state index >= 15 is 0 Å². The molecule has 3 aromatic heterocycles. The highest BCUT2D eigenvalue weighted by atomic mass is 16.3. The zero-order chi connectivity index (χ0) is 18.5. The Balaban J connectivity index is 1.89. The molecule has 3 heterocycles. The Labute approximate surface area is 155 Å². The maximum Gasteiger partial charge on any atom is 0.228 e. The van der Waals surface area contributed by atoms with E-state index in [-0.39, 0.29) is 0 Å². The average molecular weight is 350 g/mol. The molecule has 0 aliphatic heterocycles. The number of benzene rings is 2. The van der Waals surface area contributed by atoms with Gasteiger partial charge in [0.2, 0.25) is 11.4 Å². The van der Waals surface area contributed by atoms with Gasteiger partial charge in [0.25, 0.3) is 0 Å². The lowest BCUT2D eigenvalue weighted by Gasteiger charge is -2.07. The molecule has 2 aromatic carbocycles. The van der Waals surface area contributed by atoms with Crippen LogP contribution in [0.2, 0.25) is 0 Å². The normalized spacial score (nSPS) is 11.3. The zero-order valence-corrected chi connectivity index (χ0v) is 15.0. The number of aryl methyl sites for hydroxylation is 2. The van der Waals surface area contributed by atoms with Gasteiger partial charge in [-0.15, -0.1) is 0 Å². The molecule has 0 aliphatic rings. The van der Waals surface area contributed by atoms with E-state index < -0.39 is 0 Å². The van der Waals surface area contributed by atoms with Crippen LogP contribution in [-0.2, 0) is 7.05 Å². The Hall–Kier alpha value is -3.71. The molecule has 0 bridgehead atoms. The smallest absolute Gasteiger partial charge is 0.228 e. The SMILES string of the molecule is Cc1ccc2c(oc3nc(C#N)ccc32)c1-c1cc2ccccc2c[n+]1C. The van der Waals surface area contributed by atoms with Gasteiger partial charge in [-0.3, -0.25) is 0 Å². The largest absolute Gasteiger partial charge is 0.437 e. The number of nitrogens with zero attached hydrogens (tertiary/aromatic N) is 3. The molecule has 5 rings (SSSR count). The number of nitriles is 1. The van der Waals surface area contributed by atoms with Gasteiger partial charge in [-0.2, -0.15) is 5.26 Å². The van der Waals surface area contributed by atoms with Crippen molar-refractivity contribution in [2.45, 2.75) is 6.92 Å². The molecule has 0 radical (unpaired) electrons. The Morgan fingerprint density at radius 3 is 2.59 bits per heavy atom. The number of rotatable bonds is 1. The van der Waals surface area contributed by atoms with E-state index in [2.05, 4.69) is 66.1 Å². The van der Waals surface area contributed by atoms with Crippen LogP contribution in [0.3, 0.4) is 0 Å². The number of hydrogen-bond acceptors (Lipinski definition) is 3. The van der Waals surface area contributed by atoms with Crippen LogP contribution in [0.1, 0.15) is 11.3 Å². The van der Waals surface area contributed by atoms with E-state index in [9.17, 15) is 0 Å². The van der Waals surface area contributed by atoms with Crippen molar-refractivity contribution < 1.29 is 8.98 Å². The molecule has 0 aliphatic carbocycles. The summed E-state index contributed by atoms with van der Waals surface area (Å²) in [5, 5.41) is 13.4. The van der Waals surface area contributed by atoms with Crippen molar-refractivity contribution in [3.63, 3.8) is 0 Å². The summed E-state index contributed by atoms with van der Waals surface area (Å²) in [6.07, 6.45) is 2.14. The van der Waals surface area contributed by atoms with Gasteiger partial charge in [0.1, 0.15) is 18.8 Å². The van der Waals surface area contributed by atoms with Gasteiger partial charge in [0, 0.05) is 22.2 Å². The van der Waals surface area contributed by atoms with Crippen molar-refractivity contribution in [1.29, 1.82) is 5.26 Å². The summed E-state index contributed by atoms with van der Waals surface area (Å²) >= 11 is 0. The van der Waals surface area contributed by atoms with Crippen molar-refractivity contribution >= 4 is 32.8 Å². The predicted octanol–water partition coefficient (Wildman–Crippen LogP) is 4.81. The highest BCUT2D eigenvalue weighted by Crippen LogP contribution is 2.36. The van der Waals surface area contributed by atoms with Crippen LogP contribution in [-0.4, -0.2) is 4.98 Å². The van der Waals surface area contributed by atoms with Crippen molar-refractivity contribution in [3.8, 4) is 17.3 Å². The van der Waals surface area contributed by atoms with Crippen LogP contribution in [0, 0.1) is 18.3 Å². The van der Waals surface area contributed by atoms with Crippen molar-refractivity contribution in [2.75, 3.05) is 0 Å². The first kappa shape index (κ1) is 15.5. The molecule has 5 aromatic rings. The predicted molar refractivity (Wildman–Crippen MR) is 105 cm³/mol. The molecule has 0 N–H and O–H groups in total. The van der Waals surface area contributed by atoms with Gasteiger partial charge in [0.05, 0.1) is 5.56 Å². The third kappa shape index (κ3) is 2.29. The average Bonchev–Trinajstić information content (AvgIpc) is 3.05. The Bertz CT molecular complexity index is 1410. The van der Waals surface area contributed by atoms with Crippen LogP contribution < -0.4 is 4.57 Å². The van der Waals surface area contributed by atoms with Crippen molar-refractivity contribution in [3.05, 3.63) is 72.1 Å². The summed E-state index contributed by atoms with van der Waals surface area (Å²) in [5.74, 6) is 0. The van der Waals surface area contributed by atoms with Crippen LogP contribution in [0.4, 0.5) is 0 Å². The van der Waals surface area contributed by atoms with E-state index in [0.29, 0.717) is 11.4 Å². The molecule has 0 unspecified atom stereocenters. The number of aromatic nitrogens is 2. The fraction of sp³-hybridized carbons (Fsp3) is 0.0870.